The van der Waals surface area contributed by atoms with Crippen molar-refractivity contribution in [3.63, 3.8) is 0 Å². The minimum atomic E-state index is 0.108. The summed E-state index contributed by atoms with van der Waals surface area (Å²) in [7, 11) is 0. The number of nitrogens with two attached hydrogens (primary N) is 1. The van der Waals surface area contributed by atoms with Crippen LogP contribution in [0.5, 0.6) is 0 Å². The maximum atomic E-state index is 8.54. The Hall–Kier alpha value is -1.52. The number of aryl methyl sites for hydroxylation is 1. The minimum Gasteiger partial charge on any atom is -0.409 e. The van der Waals surface area contributed by atoms with Crippen LogP contribution in [0.2, 0.25) is 0 Å². The summed E-state index contributed by atoms with van der Waals surface area (Å²) in [5, 5.41) is 15.8. The van der Waals surface area contributed by atoms with Crippen molar-refractivity contribution in [1.82, 2.24) is 9.78 Å². The fourth-order valence-corrected chi connectivity index (χ4v) is 1.20. The van der Waals surface area contributed by atoms with Gasteiger partial charge in [0.1, 0.15) is 0 Å². The van der Waals surface area contributed by atoms with Crippen LogP contribution in [0.15, 0.2) is 11.4 Å². The van der Waals surface area contributed by atoms with E-state index in [2.05, 4.69) is 24.1 Å². The van der Waals surface area contributed by atoms with Crippen molar-refractivity contribution in [2.75, 3.05) is 0 Å². The van der Waals surface area contributed by atoms with E-state index in [9.17, 15) is 0 Å². The quantitative estimate of drug-likeness (QED) is 0.330. The van der Waals surface area contributed by atoms with Gasteiger partial charge in [0.15, 0.2) is 5.84 Å². The standard InChI is InChI=1S/C9H16N4O/c1-4-6(2)13-5-8(7(3)11-13)9(10)12-14/h5-6,14H,4H2,1-3H3,(H2,10,12). The first kappa shape index (κ1) is 10.6. The van der Waals surface area contributed by atoms with Crippen molar-refractivity contribution in [3.8, 4) is 0 Å². The number of hydrogen-bond acceptors (Lipinski definition) is 3. The molecule has 78 valence electrons. The zero-order valence-electron chi connectivity index (χ0n) is 8.73. The fourth-order valence-electron chi connectivity index (χ4n) is 1.20. The second-order valence-electron chi connectivity index (χ2n) is 3.35. The molecule has 5 heteroatoms. The minimum absolute atomic E-state index is 0.108. The molecule has 0 aliphatic carbocycles. The van der Waals surface area contributed by atoms with Crippen LogP contribution in [0, 0.1) is 6.92 Å². The molecule has 0 aliphatic rings. The van der Waals surface area contributed by atoms with Crippen LogP contribution in [0.25, 0.3) is 0 Å². The van der Waals surface area contributed by atoms with Gasteiger partial charge in [-0.1, -0.05) is 12.1 Å². The number of amidine groups is 1. The Morgan fingerprint density at radius 3 is 2.93 bits per heavy atom. The first-order valence-corrected chi connectivity index (χ1v) is 4.63. The van der Waals surface area contributed by atoms with Crippen LogP contribution in [-0.4, -0.2) is 20.8 Å². The molecule has 0 aliphatic heterocycles. The van der Waals surface area contributed by atoms with Crippen LogP contribution in [-0.2, 0) is 0 Å². The van der Waals surface area contributed by atoms with E-state index >= 15 is 0 Å². The lowest BCUT2D eigenvalue weighted by Crippen LogP contribution is -2.13. The average molecular weight is 196 g/mol. The van der Waals surface area contributed by atoms with Crippen LogP contribution < -0.4 is 5.73 Å². The van der Waals surface area contributed by atoms with Crippen LogP contribution in [0.3, 0.4) is 0 Å². The summed E-state index contributed by atoms with van der Waals surface area (Å²) in [6.45, 7) is 6.00. The third-order valence-corrected chi connectivity index (χ3v) is 2.34. The number of aromatic nitrogens is 2. The molecule has 0 amide bonds. The molecule has 3 N–H and O–H groups in total. The van der Waals surface area contributed by atoms with E-state index in [4.69, 9.17) is 10.9 Å². The Morgan fingerprint density at radius 2 is 2.43 bits per heavy atom. The first-order valence-electron chi connectivity index (χ1n) is 4.63. The lowest BCUT2D eigenvalue weighted by molar-refractivity contribution is 0.318. The van der Waals surface area contributed by atoms with Gasteiger partial charge in [0.2, 0.25) is 0 Å². The lowest BCUT2D eigenvalue weighted by atomic mass is 10.2. The maximum absolute atomic E-state index is 8.54. The van der Waals surface area contributed by atoms with Gasteiger partial charge in [-0.05, 0) is 20.3 Å². The lowest BCUT2D eigenvalue weighted by Gasteiger charge is -2.07. The van der Waals surface area contributed by atoms with Crippen molar-refractivity contribution < 1.29 is 5.21 Å². The smallest absolute Gasteiger partial charge is 0.173 e. The second-order valence-corrected chi connectivity index (χ2v) is 3.35. The Balaban J connectivity index is 3.05. The highest BCUT2D eigenvalue weighted by Gasteiger charge is 2.11. The Bertz CT molecular complexity index is 343. The average Bonchev–Trinajstić information content (AvgIpc) is 2.58. The molecule has 5 nitrogen and oxygen atoms in total. The number of hydrogen-bond donors (Lipinski definition) is 2. The largest absolute Gasteiger partial charge is 0.409 e. The van der Waals surface area contributed by atoms with Crippen molar-refractivity contribution in [1.29, 1.82) is 0 Å². The van der Waals surface area contributed by atoms with Crippen molar-refractivity contribution in [2.24, 2.45) is 10.9 Å². The summed E-state index contributed by atoms with van der Waals surface area (Å²) in [4.78, 5) is 0. The molecule has 0 aromatic carbocycles. The van der Waals surface area contributed by atoms with Gasteiger partial charge >= 0.3 is 0 Å². The highest BCUT2D eigenvalue weighted by Crippen LogP contribution is 2.12. The Morgan fingerprint density at radius 1 is 1.79 bits per heavy atom. The second kappa shape index (κ2) is 4.13. The molecule has 0 saturated carbocycles. The zero-order chi connectivity index (χ0) is 10.7. The Labute approximate surface area is 83.2 Å². The molecule has 0 radical (unpaired) electrons. The number of nitrogens with zero attached hydrogens (tertiary/aromatic N) is 3. The third kappa shape index (κ3) is 1.86. The molecule has 1 heterocycles. The van der Waals surface area contributed by atoms with Gasteiger partial charge in [-0.25, -0.2) is 0 Å². The summed E-state index contributed by atoms with van der Waals surface area (Å²) < 4.78 is 1.84. The third-order valence-electron chi connectivity index (χ3n) is 2.34. The van der Waals surface area contributed by atoms with Gasteiger partial charge in [0, 0.05) is 12.2 Å². The topological polar surface area (TPSA) is 76.4 Å². The van der Waals surface area contributed by atoms with Gasteiger partial charge in [0.05, 0.1) is 11.3 Å². The summed E-state index contributed by atoms with van der Waals surface area (Å²) in [6, 6.07) is 0.328. The van der Waals surface area contributed by atoms with E-state index in [1.54, 1.807) is 6.20 Å². The normalized spacial score (nSPS) is 14.4. The monoisotopic (exact) mass is 196 g/mol. The summed E-state index contributed by atoms with van der Waals surface area (Å²) in [5.41, 5.74) is 6.96. The van der Waals surface area contributed by atoms with Crippen molar-refractivity contribution in [3.05, 3.63) is 17.5 Å². The van der Waals surface area contributed by atoms with E-state index in [-0.39, 0.29) is 5.84 Å². The summed E-state index contributed by atoms with van der Waals surface area (Å²) >= 11 is 0. The molecule has 1 atom stereocenters. The predicted octanol–water partition coefficient (Wildman–Crippen LogP) is 1.26. The first-order chi connectivity index (χ1) is 6.60. The molecular formula is C9H16N4O. The van der Waals surface area contributed by atoms with Crippen molar-refractivity contribution >= 4 is 5.84 Å². The van der Waals surface area contributed by atoms with Gasteiger partial charge in [-0.2, -0.15) is 5.10 Å². The SMILES string of the molecule is CCC(C)n1cc(/C(N)=N\O)c(C)n1. The number of rotatable bonds is 3. The fraction of sp³-hybridized carbons (Fsp3) is 0.556. The molecule has 1 aromatic rings. The molecule has 0 fully saturated rings. The molecule has 14 heavy (non-hydrogen) atoms. The molecule has 0 bridgehead atoms. The Kier molecular flexibility index (Phi) is 3.11. The summed E-state index contributed by atoms with van der Waals surface area (Å²) in [5.74, 6) is 0.108. The molecule has 1 unspecified atom stereocenters. The van der Waals surface area contributed by atoms with Crippen LogP contribution in [0.4, 0.5) is 0 Å². The highest BCUT2D eigenvalue weighted by atomic mass is 16.4. The van der Waals surface area contributed by atoms with E-state index in [0.717, 1.165) is 12.1 Å². The van der Waals surface area contributed by atoms with Gasteiger partial charge in [0.25, 0.3) is 0 Å². The highest BCUT2D eigenvalue weighted by molar-refractivity contribution is 5.97. The van der Waals surface area contributed by atoms with Gasteiger partial charge in [-0.15, -0.1) is 0 Å². The zero-order valence-corrected chi connectivity index (χ0v) is 8.73. The molecule has 1 aromatic heterocycles. The molecule has 1 rings (SSSR count). The number of oxime groups is 1. The molecule has 0 saturated heterocycles. The van der Waals surface area contributed by atoms with Gasteiger partial charge in [-0.3, -0.25) is 4.68 Å². The maximum Gasteiger partial charge on any atom is 0.173 e. The molecule has 0 spiro atoms. The summed E-state index contributed by atoms with van der Waals surface area (Å²) in [6.07, 6.45) is 2.80. The van der Waals surface area contributed by atoms with Crippen LogP contribution in [0.1, 0.15) is 37.6 Å². The van der Waals surface area contributed by atoms with Crippen molar-refractivity contribution in [2.45, 2.75) is 33.2 Å². The van der Waals surface area contributed by atoms with Crippen LogP contribution >= 0.6 is 0 Å². The van der Waals surface area contributed by atoms with E-state index in [0.29, 0.717) is 11.6 Å². The van der Waals surface area contributed by atoms with E-state index in [1.807, 2.05) is 11.6 Å². The van der Waals surface area contributed by atoms with E-state index < -0.39 is 0 Å². The molecular weight excluding hydrogens is 180 g/mol. The van der Waals surface area contributed by atoms with E-state index in [1.165, 1.54) is 0 Å². The van der Waals surface area contributed by atoms with Gasteiger partial charge < -0.3 is 10.9 Å². The predicted molar refractivity (Wildman–Crippen MR) is 54.5 cm³/mol.